The Morgan fingerprint density at radius 3 is 2.88 bits per heavy atom. The summed E-state index contributed by atoms with van der Waals surface area (Å²) in [6.45, 7) is 0.674. The highest BCUT2D eigenvalue weighted by Gasteiger charge is 2.30. The average Bonchev–Trinajstić information content (AvgIpc) is 2.82. The van der Waals surface area contributed by atoms with Crippen LogP contribution in [-0.4, -0.2) is 47.5 Å². The molecule has 1 atom stereocenters. The van der Waals surface area contributed by atoms with Crippen molar-refractivity contribution in [3.8, 4) is 0 Å². The van der Waals surface area contributed by atoms with Crippen LogP contribution in [0.5, 0.6) is 0 Å². The number of amides is 1. The fraction of sp³-hybridized carbons (Fsp3) is 0.467. The molecule has 1 aliphatic rings. The van der Waals surface area contributed by atoms with Gasteiger partial charge in [-0.05, 0) is 31.0 Å². The number of benzene rings is 1. The molecule has 0 saturated carbocycles. The number of aromatic nitrogens is 2. The third kappa shape index (κ3) is 3.40. The second-order valence-corrected chi connectivity index (χ2v) is 8.50. The highest BCUT2D eigenvalue weighted by Crippen LogP contribution is 2.24. The number of rotatable bonds is 3. The Morgan fingerprint density at radius 2 is 2.17 bits per heavy atom. The molecule has 1 fully saturated rings. The van der Waals surface area contributed by atoms with Gasteiger partial charge in [-0.1, -0.05) is 11.6 Å². The zero-order chi connectivity index (χ0) is 17.5. The monoisotopic (exact) mass is 370 g/mol. The van der Waals surface area contributed by atoms with Crippen molar-refractivity contribution in [2.75, 3.05) is 24.7 Å². The summed E-state index contributed by atoms with van der Waals surface area (Å²) in [7, 11) is -1.47. The lowest BCUT2D eigenvalue weighted by Crippen LogP contribution is -2.43. The molecule has 2 heterocycles. The van der Waals surface area contributed by atoms with Gasteiger partial charge in [-0.25, -0.2) is 17.7 Å². The molecule has 24 heavy (non-hydrogen) atoms. The zero-order valence-electron chi connectivity index (χ0n) is 13.5. The van der Waals surface area contributed by atoms with E-state index in [0.29, 0.717) is 35.9 Å². The van der Waals surface area contributed by atoms with Crippen molar-refractivity contribution >= 4 is 44.5 Å². The molecule has 1 aromatic carbocycles. The summed E-state index contributed by atoms with van der Waals surface area (Å²) in [5.74, 6) is -0.168. The number of carbonyl (C=O) groups excluding carboxylic acids is 1. The molecule has 1 aliphatic heterocycles. The van der Waals surface area contributed by atoms with E-state index in [2.05, 4.69) is 10.3 Å². The molecular weight excluding hydrogens is 352 g/mol. The lowest BCUT2D eigenvalue weighted by atomic mass is 9.99. The van der Waals surface area contributed by atoms with Gasteiger partial charge in [0.15, 0.2) is 0 Å². The number of nitrogens with one attached hydrogen (secondary N) is 1. The van der Waals surface area contributed by atoms with Crippen molar-refractivity contribution in [2.24, 2.45) is 13.0 Å². The number of anilines is 1. The highest BCUT2D eigenvalue weighted by atomic mass is 35.5. The van der Waals surface area contributed by atoms with E-state index in [1.165, 1.54) is 10.6 Å². The molecule has 1 aromatic heterocycles. The van der Waals surface area contributed by atoms with Crippen LogP contribution in [0.3, 0.4) is 0 Å². The summed E-state index contributed by atoms with van der Waals surface area (Å²) in [4.78, 5) is 16.9. The summed E-state index contributed by atoms with van der Waals surface area (Å²) in [5.41, 5.74) is 1.55. The number of hydrogen-bond acceptors (Lipinski definition) is 4. The number of fused-ring (bicyclic) bond motifs is 1. The van der Waals surface area contributed by atoms with Gasteiger partial charge in [0.1, 0.15) is 0 Å². The summed E-state index contributed by atoms with van der Waals surface area (Å²) in [5, 5.41) is 3.39. The molecule has 0 unspecified atom stereocenters. The Balaban J connectivity index is 1.78. The van der Waals surface area contributed by atoms with Crippen molar-refractivity contribution in [3.05, 3.63) is 23.2 Å². The SMILES string of the molecule is Cn1c(NC(=O)[C@H]2CCCN(S(C)(=O)=O)C2)nc2cc(Cl)ccc21. The maximum atomic E-state index is 12.5. The molecule has 0 aliphatic carbocycles. The summed E-state index contributed by atoms with van der Waals surface area (Å²) in [6.07, 6.45) is 2.50. The van der Waals surface area contributed by atoms with Gasteiger partial charge in [0, 0.05) is 25.2 Å². The Bertz CT molecular complexity index is 894. The molecule has 2 aromatic rings. The second kappa shape index (κ2) is 6.34. The van der Waals surface area contributed by atoms with Gasteiger partial charge in [-0.3, -0.25) is 10.1 Å². The van der Waals surface area contributed by atoms with Crippen LogP contribution in [0.15, 0.2) is 18.2 Å². The maximum Gasteiger partial charge on any atom is 0.231 e. The molecule has 9 heteroatoms. The number of sulfonamides is 1. The van der Waals surface area contributed by atoms with Gasteiger partial charge in [0.25, 0.3) is 0 Å². The van der Waals surface area contributed by atoms with Gasteiger partial charge in [-0.2, -0.15) is 0 Å². The molecule has 0 bridgehead atoms. The fourth-order valence-corrected chi connectivity index (χ4v) is 4.03. The van der Waals surface area contributed by atoms with Crippen LogP contribution in [0.25, 0.3) is 11.0 Å². The predicted octanol–water partition coefficient (Wildman–Crippen LogP) is 1.84. The smallest absolute Gasteiger partial charge is 0.231 e. The summed E-state index contributed by atoms with van der Waals surface area (Å²) in [6, 6.07) is 5.34. The van der Waals surface area contributed by atoms with E-state index in [1.54, 1.807) is 16.7 Å². The topological polar surface area (TPSA) is 84.3 Å². The van der Waals surface area contributed by atoms with Crippen molar-refractivity contribution in [1.29, 1.82) is 0 Å². The van der Waals surface area contributed by atoms with Crippen molar-refractivity contribution < 1.29 is 13.2 Å². The van der Waals surface area contributed by atoms with Gasteiger partial charge in [0.2, 0.25) is 21.9 Å². The van der Waals surface area contributed by atoms with Crippen molar-refractivity contribution in [2.45, 2.75) is 12.8 Å². The first kappa shape index (κ1) is 17.2. The third-order valence-electron chi connectivity index (χ3n) is 4.30. The van der Waals surface area contributed by atoms with E-state index in [1.807, 2.05) is 13.1 Å². The van der Waals surface area contributed by atoms with Crippen LogP contribution in [-0.2, 0) is 21.9 Å². The van der Waals surface area contributed by atoms with Crippen LogP contribution in [0.1, 0.15) is 12.8 Å². The van der Waals surface area contributed by atoms with Crippen molar-refractivity contribution in [1.82, 2.24) is 13.9 Å². The Kier molecular flexibility index (Phi) is 4.54. The minimum atomic E-state index is -3.28. The summed E-state index contributed by atoms with van der Waals surface area (Å²) >= 11 is 5.97. The summed E-state index contributed by atoms with van der Waals surface area (Å²) < 4.78 is 26.5. The lowest BCUT2D eigenvalue weighted by Gasteiger charge is -2.29. The number of carbonyl (C=O) groups is 1. The maximum absolute atomic E-state index is 12.5. The van der Waals surface area contributed by atoms with E-state index < -0.39 is 10.0 Å². The Labute approximate surface area is 145 Å². The molecule has 1 N–H and O–H groups in total. The number of nitrogens with zero attached hydrogens (tertiary/aromatic N) is 3. The van der Waals surface area contributed by atoms with E-state index in [4.69, 9.17) is 11.6 Å². The van der Waals surface area contributed by atoms with Crippen LogP contribution in [0.4, 0.5) is 5.95 Å². The van der Waals surface area contributed by atoms with Gasteiger partial charge in [0.05, 0.1) is 23.2 Å². The van der Waals surface area contributed by atoms with Gasteiger partial charge >= 0.3 is 0 Å². The quantitative estimate of drug-likeness (QED) is 0.893. The fourth-order valence-electron chi connectivity index (χ4n) is 2.95. The molecule has 3 rings (SSSR count). The largest absolute Gasteiger partial charge is 0.313 e. The van der Waals surface area contributed by atoms with E-state index in [-0.39, 0.29) is 18.4 Å². The zero-order valence-corrected chi connectivity index (χ0v) is 15.1. The Morgan fingerprint density at radius 1 is 1.42 bits per heavy atom. The van der Waals surface area contributed by atoms with E-state index >= 15 is 0 Å². The van der Waals surface area contributed by atoms with Crippen LogP contribution in [0.2, 0.25) is 5.02 Å². The highest BCUT2D eigenvalue weighted by molar-refractivity contribution is 7.88. The molecule has 0 spiro atoms. The average molecular weight is 371 g/mol. The van der Waals surface area contributed by atoms with Crippen molar-refractivity contribution in [3.63, 3.8) is 0 Å². The second-order valence-electron chi connectivity index (χ2n) is 6.08. The number of imidazole rings is 1. The molecule has 0 radical (unpaired) electrons. The molecular formula is C15H19ClN4O3S. The van der Waals surface area contributed by atoms with Crippen LogP contribution >= 0.6 is 11.6 Å². The molecule has 7 nitrogen and oxygen atoms in total. The Hall–Kier alpha value is -1.64. The third-order valence-corrected chi connectivity index (χ3v) is 5.81. The lowest BCUT2D eigenvalue weighted by molar-refractivity contribution is -0.120. The molecule has 1 saturated heterocycles. The minimum absolute atomic E-state index is 0.209. The van der Waals surface area contributed by atoms with Gasteiger partial charge in [-0.15, -0.1) is 0 Å². The van der Waals surface area contributed by atoms with Gasteiger partial charge < -0.3 is 4.57 Å². The number of piperidine rings is 1. The first-order chi connectivity index (χ1) is 11.3. The molecule has 1 amide bonds. The van der Waals surface area contributed by atoms with Crippen LogP contribution < -0.4 is 5.32 Å². The number of halogens is 1. The molecule has 130 valence electrons. The van der Waals surface area contributed by atoms with Crippen LogP contribution in [0, 0.1) is 5.92 Å². The standard InChI is InChI=1S/C15H19ClN4O3S/c1-19-13-6-5-11(16)8-12(13)17-15(19)18-14(21)10-4-3-7-20(9-10)24(2,22)23/h5-6,8,10H,3-4,7,9H2,1-2H3,(H,17,18,21)/t10-/m0/s1. The van der Waals surface area contributed by atoms with E-state index in [0.717, 1.165) is 5.52 Å². The number of hydrogen-bond donors (Lipinski definition) is 1. The predicted molar refractivity (Wildman–Crippen MR) is 93.5 cm³/mol. The minimum Gasteiger partial charge on any atom is -0.313 e. The first-order valence-electron chi connectivity index (χ1n) is 7.63. The number of aryl methyl sites for hydroxylation is 1. The normalized spacial score (nSPS) is 19.5. The van der Waals surface area contributed by atoms with E-state index in [9.17, 15) is 13.2 Å². The first-order valence-corrected chi connectivity index (χ1v) is 9.86.